The Morgan fingerprint density at radius 1 is 1.28 bits per heavy atom. The van der Waals surface area contributed by atoms with Gasteiger partial charge in [0.05, 0.1) is 11.4 Å². The third-order valence-corrected chi connectivity index (χ3v) is 3.98. The van der Waals surface area contributed by atoms with Crippen molar-refractivity contribution in [2.45, 2.75) is 32.1 Å². The van der Waals surface area contributed by atoms with Gasteiger partial charge in [0.15, 0.2) is 0 Å². The predicted octanol–water partition coefficient (Wildman–Crippen LogP) is 3.33. The number of nitrogens with zero attached hydrogens (tertiary/aromatic N) is 2. The maximum Gasteiger partial charge on any atom is 0.131 e. The lowest BCUT2D eigenvalue weighted by Gasteiger charge is -2.18. The van der Waals surface area contributed by atoms with E-state index in [1.54, 1.807) is 0 Å². The monoisotopic (exact) mass is 261 g/mol. The summed E-state index contributed by atoms with van der Waals surface area (Å²) >= 11 is 5.90. The zero-order valence-electron chi connectivity index (χ0n) is 10.6. The van der Waals surface area contributed by atoms with Gasteiger partial charge in [-0.15, -0.1) is 0 Å². The minimum atomic E-state index is 0.129. The van der Waals surface area contributed by atoms with Crippen LogP contribution in [0.4, 0.5) is 5.82 Å². The van der Waals surface area contributed by atoms with Crippen molar-refractivity contribution in [1.82, 2.24) is 9.78 Å². The lowest BCUT2D eigenvalue weighted by molar-refractivity contribution is 0.519. The molecule has 0 spiro atoms. The molecule has 94 valence electrons. The maximum atomic E-state index is 6.27. The highest BCUT2D eigenvalue weighted by Gasteiger charge is 2.35. The molecule has 2 aromatic rings. The zero-order chi connectivity index (χ0) is 12.9. The van der Waals surface area contributed by atoms with Crippen molar-refractivity contribution in [3.05, 3.63) is 40.5 Å². The number of nitrogens with two attached hydrogens (primary N) is 1. The summed E-state index contributed by atoms with van der Waals surface area (Å²) in [6, 6.07) is 7.59. The van der Waals surface area contributed by atoms with Crippen LogP contribution in [0.1, 0.15) is 31.5 Å². The van der Waals surface area contributed by atoms with Gasteiger partial charge in [-0.05, 0) is 42.5 Å². The molecule has 0 unspecified atom stereocenters. The van der Waals surface area contributed by atoms with Crippen molar-refractivity contribution in [2.24, 2.45) is 0 Å². The molecule has 0 fully saturated rings. The molecule has 0 saturated heterocycles. The van der Waals surface area contributed by atoms with E-state index < -0.39 is 0 Å². The first-order chi connectivity index (χ1) is 8.49. The molecule has 0 bridgehead atoms. The summed E-state index contributed by atoms with van der Waals surface area (Å²) < 4.78 is 1.82. The average Bonchev–Trinajstić information content (AvgIpc) is 2.80. The van der Waals surface area contributed by atoms with Crippen LogP contribution in [0.2, 0.25) is 5.02 Å². The number of aromatic nitrogens is 2. The molecule has 1 aromatic carbocycles. The Balaban J connectivity index is 2.13. The van der Waals surface area contributed by atoms with E-state index >= 15 is 0 Å². The van der Waals surface area contributed by atoms with Crippen LogP contribution in [0.3, 0.4) is 0 Å². The minimum absolute atomic E-state index is 0.129. The maximum absolute atomic E-state index is 6.27. The highest BCUT2D eigenvalue weighted by atomic mass is 35.5. The molecule has 18 heavy (non-hydrogen) atoms. The Hall–Kier alpha value is -1.48. The molecule has 1 aliphatic carbocycles. The molecule has 0 radical (unpaired) electrons. The van der Waals surface area contributed by atoms with Crippen LogP contribution in [0.15, 0.2) is 24.3 Å². The number of nitrogen functional groups attached to an aromatic ring is 1. The smallest absolute Gasteiger partial charge is 0.131 e. The van der Waals surface area contributed by atoms with Gasteiger partial charge >= 0.3 is 0 Å². The van der Waals surface area contributed by atoms with Crippen molar-refractivity contribution in [1.29, 1.82) is 0 Å². The first-order valence-corrected chi connectivity index (χ1v) is 6.50. The summed E-state index contributed by atoms with van der Waals surface area (Å²) in [6.07, 6.45) is 2.13. The molecule has 0 atom stereocenters. The van der Waals surface area contributed by atoms with Crippen molar-refractivity contribution in [2.75, 3.05) is 5.73 Å². The highest BCUT2D eigenvalue weighted by molar-refractivity contribution is 6.30. The van der Waals surface area contributed by atoms with Gasteiger partial charge in [0.2, 0.25) is 0 Å². The number of hydrogen-bond donors (Lipinski definition) is 1. The number of hydrogen-bond acceptors (Lipinski definition) is 2. The van der Waals surface area contributed by atoms with Crippen LogP contribution in [0, 0.1) is 0 Å². The standard InChI is InChI=1S/C14H16ClN3/c1-14(2)8-7-11-12(14)13(16)18(17-11)10-5-3-9(15)4-6-10/h3-6H,7-8,16H2,1-2H3. The Kier molecular flexibility index (Phi) is 2.42. The van der Waals surface area contributed by atoms with E-state index in [0.29, 0.717) is 0 Å². The number of aryl methyl sites for hydroxylation is 1. The van der Waals surface area contributed by atoms with Gasteiger partial charge in [-0.25, -0.2) is 4.68 Å². The van der Waals surface area contributed by atoms with Gasteiger partial charge in [-0.2, -0.15) is 5.10 Å². The molecule has 2 N–H and O–H groups in total. The summed E-state index contributed by atoms with van der Waals surface area (Å²) in [6.45, 7) is 4.45. The minimum Gasteiger partial charge on any atom is -0.383 e. The number of halogens is 1. The topological polar surface area (TPSA) is 43.8 Å². The van der Waals surface area contributed by atoms with Gasteiger partial charge in [0.1, 0.15) is 5.82 Å². The Morgan fingerprint density at radius 2 is 1.94 bits per heavy atom. The molecule has 0 saturated carbocycles. The quantitative estimate of drug-likeness (QED) is 0.856. The molecule has 3 nitrogen and oxygen atoms in total. The zero-order valence-corrected chi connectivity index (χ0v) is 11.3. The molecular weight excluding hydrogens is 246 g/mol. The van der Waals surface area contributed by atoms with Gasteiger partial charge in [-0.3, -0.25) is 0 Å². The number of benzene rings is 1. The van der Waals surface area contributed by atoms with Crippen LogP contribution in [0.25, 0.3) is 5.69 Å². The van der Waals surface area contributed by atoms with E-state index in [-0.39, 0.29) is 5.41 Å². The third-order valence-electron chi connectivity index (χ3n) is 3.73. The van der Waals surface area contributed by atoms with Crippen LogP contribution < -0.4 is 5.73 Å². The molecule has 0 amide bonds. The lowest BCUT2D eigenvalue weighted by Crippen LogP contribution is -2.15. The fourth-order valence-corrected chi connectivity index (χ4v) is 2.85. The van der Waals surface area contributed by atoms with Crippen LogP contribution >= 0.6 is 11.6 Å². The molecule has 1 aromatic heterocycles. The normalized spacial score (nSPS) is 16.8. The van der Waals surface area contributed by atoms with Gasteiger partial charge < -0.3 is 5.73 Å². The van der Waals surface area contributed by atoms with Crippen LogP contribution in [0.5, 0.6) is 0 Å². The van der Waals surface area contributed by atoms with Gasteiger partial charge in [0, 0.05) is 10.6 Å². The lowest BCUT2D eigenvalue weighted by atomic mass is 9.87. The van der Waals surface area contributed by atoms with Crippen LogP contribution in [-0.2, 0) is 11.8 Å². The summed E-state index contributed by atoms with van der Waals surface area (Å²) in [5, 5.41) is 5.35. The fraction of sp³-hybridized carbons (Fsp3) is 0.357. The Labute approximate surface area is 112 Å². The summed E-state index contributed by atoms with van der Waals surface area (Å²) in [5.41, 5.74) is 9.70. The summed E-state index contributed by atoms with van der Waals surface area (Å²) in [4.78, 5) is 0. The van der Waals surface area contributed by atoms with Crippen molar-refractivity contribution < 1.29 is 0 Å². The molecule has 1 heterocycles. The SMILES string of the molecule is CC1(C)CCc2nn(-c3ccc(Cl)cc3)c(N)c21. The van der Waals surface area contributed by atoms with E-state index in [4.69, 9.17) is 17.3 Å². The largest absolute Gasteiger partial charge is 0.383 e. The second kappa shape index (κ2) is 3.75. The number of fused-ring (bicyclic) bond motifs is 1. The first-order valence-electron chi connectivity index (χ1n) is 6.13. The average molecular weight is 262 g/mol. The molecule has 3 rings (SSSR count). The number of anilines is 1. The van der Waals surface area contributed by atoms with Crippen molar-refractivity contribution in [3.63, 3.8) is 0 Å². The van der Waals surface area contributed by atoms with Gasteiger partial charge in [-0.1, -0.05) is 25.4 Å². The molecular formula is C14H16ClN3. The van der Waals surface area contributed by atoms with Crippen LogP contribution in [-0.4, -0.2) is 9.78 Å². The highest BCUT2D eigenvalue weighted by Crippen LogP contribution is 2.42. The summed E-state index contributed by atoms with van der Waals surface area (Å²) in [7, 11) is 0. The molecule has 4 heteroatoms. The Morgan fingerprint density at radius 3 is 2.56 bits per heavy atom. The summed E-state index contributed by atoms with van der Waals surface area (Å²) in [5.74, 6) is 0.759. The van der Waals surface area contributed by atoms with E-state index in [9.17, 15) is 0 Å². The van der Waals surface area contributed by atoms with E-state index in [2.05, 4.69) is 18.9 Å². The molecule has 0 aliphatic heterocycles. The van der Waals surface area contributed by atoms with E-state index in [0.717, 1.165) is 35.1 Å². The Bertz CT molecular complexity index is 596. The van der Waals surface area contributed by atoms with Crippen molar-refractivity contribution >= 4 is 17.4 Å². The predicted molar refractivity (Wildman–Crippen MR) is 74.3 cm³/mol. The van der Waals surface area contributed by atoms with Crippen molar-refractivity contribution in [3.8, 4) is 5.69 Å². The first kappa shape index (κ1) is 11.6. The second-order valence-corrected chi connectivity index (χ2v) is 5.92. The third kappa shape index (κ3) is 1.62. The fourth-order valence-electron chi connectivity index (χ4n) is 2.73. The number of rotatable bonds is 1. The van der Waals surface area contributed by atoms with E-state index in [1.165, 1.54) is 5.56 Å². The van der Waals surface area contributed by atoms with E-state index in [1.807, 2.05) is 28.9 Å². The van der Waals surface area contributed by atoms with Gasteiger partial charge in [0.25, 0.3) is 0 Å². The molecule has 1 aliphatic rings. The second-order valence-electron chi connectivity index (χ2n) is 5.48.